The number of para-hydroxylation sites is 1. The standard InChI is InChI=1S/C20H21ClN4O2S/c1-26-18-8-3-2-7-17(18)19-22-25(20(28)27-19)14-23-9-11-24(12-10-23)16-6-4-5-15(21)13-16/h2-8,13H,9-12,14H2,1H3. The minimum Gasteiger partial charge on any atom is -0.496 e. The molecule has 2 heterocycles. The predicted octanol–water partition coefficient (Wildman–Crippen LogP) is 4.31. The summed E-state index contributed by atoms with van der Waals surface area (Å²) in [5, 5.41) is 5.33. The Morgan fingerprint density at radius 2 is 1.89 bits per heavy atom. The highest BCUT2D eigenvalue weighted by molar-refractivity contribution is 7.71. The summed E-state index contributed by atoms with van der Waals surface area (Å²) in [6.45, 7) is 4.26. The summed E-state index contributed by atoms with van der Waals surface area (Å²) >= 11 is 11.5. The molecule has 0 atom stereocenters. The zero-order valence-corrected chi connectivity index (χ0v) is 17.1. The summed E-state index contributed by atoms with van der Waals surface area (Å²) in [6.07, 6.45) is 0. The van der Waals surface area contributed by atoms with Crippen molar-refractivity contribution in [2.75, 3.05) is 38.2 Å². The molecule has 146 valence electrons. The van der Waals surface area contributed by atoms with Crippen molar-refractivity contribution in [2.45, 2.75) is 6.67 Å². The van der Waals surface area contributed by atoms with Gasteiger partial charge in [-0.15, -0.1) is 5.10 Å². The second-order valence-corrected chi connectivity index (χ2v) is 7.38. The number of hydrogen-bond donors (Lipinski definition) is 0. The molecule has 1 aliphatic heterocycles. The average Bonchev–Trinajstić information content (AvgIpc) is 3.08. The summed E-state index contributed by atoms with van der Waals surface area (Å²) in [6, 6.07) is 15.6. The Morgan fingerprint density at radius 3 is 2.64 bits per heavy atom. The largest absolute Gasteiger partial charge is 0.496 e. The Labute approximate surface area is 173 Å². The van der Waals surface area contributed by atoms with Gasteiger partial charge in [-0.2, -0.15) is 0 Å². The maximum absolute atomic E-state index is 6.11. The van der Waals surface area contributed by atoms with Crippen LogP contribution in [0.15, 0.2) is 52.9 Å². The molecule has 0 unspecified atom stereocenters. The minimum atomic E-state index is 0.359. The molecule has 0 spiro atoms. The molecule has 3 aromatic rings. The second-order valence-electron chi connectivity index (χ2n) is 6.60. The van der Waals surface area contributed by atoms with Gasteiger partial charge in [0.05, 0.1) is 19.3 Å². The normalized spacial score (nSPS) is 15.0. The van der Waals surface area contributed by atoms with Crippen molar-refractivity contribution in [3.63, 3.8) is 0 Å². The molecule has 28 heavy (non-hydrogen) atoms. The molecule has 0 saturated carbocycles. The van der Waals surface area contributed by atoms with Crippen molar-refractivity contribution >= 4 is 29.5 Å². The molecule has 0 N–H and O–H groups in total. The zero-order chi connectivity index (χ0) is 19.5. The van der Waals surface area contributed by atoms with Crippen LogP contribution < -0.4 is 9.64 Å². The Morgan fingerprint density at radius 1 is 1.11 bits per heavy atom. The van der Waals surface area contributed by atoms with Crippen LogP contribution in [-0.4, -0.2) is 48.0 Å². The van der Waals surface area contributed by atoms with Gasteiger partial charge in [0.1, 0.15) is 5.75 Å². The smallest absolute Gasteiger partial charge is 0.288 e. The number of anilines is 1. The van der Waals surface area contributed by atoms with Gasteiger partial charge in [-0.3, -0.25) is 4.90 Å². The number of ether oxygens (including phenoxy) is 1. The number of halogens is 1. The minimum absolute atomic E-state index is 0.359. The highest BCUT2D eigenvalue weighted by Crippen LogP contribution is 2.28. The van der Waals surface area contributed by atoms with Crippen LogP contribution >= 0.6 is 23.8 Å². The lowest BCUT2D eigenvalue weighted by molar-refractivity contribution is 0.192. The van der Waals surface area contributed by atoms with Crippen molar-refractivity contribution < 1.29 is 9.15 Å². The van der Waals surface area contributed by atoms with Crippen LogP contribution in [0.4, 0.5) is 5.69 Å². The maximum Gasteiger partial charge on any atom is 0.288 e. The average molecular weight is 417 g/mol. The molecule has 1 saturated heterocycles. The van der Waals surface area contributed by atoms with Crippen molar-refractivity contribution in [2.24, 2.45) is 0 Å². The summed E-state index contributed by atoms with van der Waals surface area (Å²) in [4.78, 5) is 5.01. The van der Waals surface area contributed by atoms with Crippen LogP contribution in [0.3, 0.4) is 0 Å². The number of nitrogens with zero attached hydrogens (tertiary/aromatic N) is 4. The third-order valence-electron chi connectivity index (χ3n) is 4.82. The summed E-state index contributed by atoms with van der Waals surface area (Å²) in [5.74, 6) is 1.18. The lowest BCUT2D eigenvalue weighted by Crippen LogP contribution is -2.46. The number of benzene rings is 2. The second kappa shape index (κ2) is 8.34. The van der Waals surface area contributed by atoms with E-state index in [1.54, 1.807) is 11.8 Å². The van der Waals surface area contributed by atoms with Crippen LogP contribution in [0, 0.1) is 4.84 Å². The van der Waals surface area contributed by atoms with E-state index in [1.807, 2.05) is 42.5 Å². The fourth-order valence-corrected chi connectivity index (χ4v) is 3.70. The molecular formula is C20H21ClN4O2S. The van der Waals surface area contributed by atoms with Crippen LogP contribution in [0.2, 0.25) is 5.02 Å². The quantitative estimate of drug-likeness (QED) is 0.577. The van der Waals surface area contributed by atoms with Gasteiger partial charge < -0.3 is 14.1 Å². The first-order chi connectivity index (χ1) is 13.6. The van der Waals surface area contributed by atoms with Gasteiger partial charge >= 0.3 is 0 Å². The predicted molar refractivity (Wildman–Crippen MR) is 113 cm³/mol. The Hall–Kier alpha value is -2.35. The van der Waals surface area contributed by atoms with E-state index in [4.69, 9.17) is 33.0 Å². The van der Waals surface area contributed by atoms with Crippen molar-refractivity contribution in [1.29, 1.82) is 0 Å². The van der Waals surface area contributed by atoms with Crippen LogP contribution in [-0.2, 0) is 6.67 Å². The molecule has 1 aromatic heterocycles. The number of methoxy groups -OCH3 is 1. The summed E-state index contributed by atoms with van der Waals surface area (Å²) in [5.41, 5.74) is 1.95. The Kier molecular flexibility index (Phi) is 5.66. The summed E-state index contributed by atoms with van der Waals surface area (Å²) < 4.78 is 12.8. The van der Waals surface area contributed by atoms with E-state index in [0.29, 0.717) is 23.1 Å². The van der Waals surface area contributed by atoms with Crippen LogP contribution in [0.5, 0.6) is 5.75 Å². The van der Waals surface area contributed by atoms with E-state index in [1.165, 1.54) is 0 Å². The maximum atomic E-state index is 6.11. The van der Waals surface area contributed by atoms with Gasteiger partial charge in [-0.1, -0.05) is 29.8 Å². The van der Waals surface area contributed by atoms with Crippen LogP contribution in [0.1, 0.15) is 0 Å². The van der Waals surface area contributed by atoms with Crippen molar-refractivity contribution in [3.8, 4) is 17.2 Å². The van der Waals surface area contributed by atoms with E-state index < -0.39 is 0 Å². The highest BCUT2D eigenvalue weighted by atomic mass is 35.5. The SMILES string of the molecule is COc1ccccc1-c1nn(CN2CCN(c3cccc(Cl)c3)CC2)c(=S)o1. The first kappa shape index (κ1) is 19.0. The third-order valence-corrected chi connectivity index (χ3v) is 5.35. The molecule has 0 aliphatic carbocycles. The fraction of sp³-hybridized carbons (Fsp3) is 0.300. The highest BCUT2D eigenvalue weighted by Gasteiger charge is 2.19. The summed E-state index contributed by atoms with van der Waals surface area (Å²) in [7, 11) is 1.63. The molecule has 1 aliphatic rings. The number of aromatic nitrogens is 2. The lowest BCUT2D eigenvalue weighted by Gasteiger charge is -2.35. The van der Waals surface area contributed by atoms with Crippen molar-refractivity contribution in [1.82, 2.24) is 14.7 Å². The van der Waals surface area contributed by atoms with Gasteiger partial charge in [-0.05, 0) is 42.5 Å². The van der Waals surface area contributed by atoms with Gasteiger partial charge in [-0.25, -0.2) is 4.68 Å². The molecule has 0 bridgehead atoms. The molecular weight excluding hydrogens is 396 g/mol. The molecule has 8 heteroatoms. The molecule has 1 fully saturated rings. The number of rotatable bonds is 5. The molecule has 0 amide bonds. The van der Waals surface area contributed by atoms with Crippen LogP contribution in [0.25, 0.3) is 11.5 Å². The molecule has 0 radical (unpaired) electrons. The van der Waals surface area contributed by atoms with Crippen molar-refractivity contribution in [3.05, 3.63) is 58.4 Å². The Balaban J connectivity index is 1.43. The van der Waals surface area contributed by atoms with Gasteiger partial charge in [0.15, 0.2) is 0 Å². The third kappa shape index (κ3) is 4.06. The number of hydrogen-bond acceptors (Lipinski definition) is 6. The van der Waals surface area contributed by atoms with Gasteiger partial charge in [0.2, 0.25) is 0 Å². The first-order valence-corrected chi connectivity index (χ1v) is 9.87. The zero-order valence-electron chi connectivity index (χ0n) is 15.5. The van der Waals surface area contributed by atoms with E-state index in [2.05, 4.69) is 21.0 Å². The molecule has 4 rings (SSSR count). The fourth-order valence-electron chi connectivity index (χ4n) is 3.34. The lowest BCUT2D eigenvalue weighted by atomic mass is 10.2. The molecule has 2 aromatic carbocycles. The van der Waals surface area contributed by atoms with E-state index >= 15 is 0 Å². The number of piperazine rings is 1. The molecule has 6 nitrogen and oxygen atoms in total. The Bertz CT molecular complexity index is 1010. The monoisotopic (exact) mass is 416 g/mol. The topological polar surface area (TPSA) is 46.7 Å². The van der Waals surface area contributed by atoms with Gasteiger partial charge in [0, 0.05) is 36.9 Å². The first-order valence-electron chi connectivity index (χ1n) is 9.08. The van der Waals surface area contributed by atoms with E-state index in [9.17, 15) is 0 Å². The van der Waals surface area contributed by atoms with E-state index in [-0.39, 0.29) is 0 Å². The van der Waals surface area contributed by atoms with E-state index in [0.717, 1.165) is 42.5 Å². The van der Waals surface area contributed by atoms with Gasteiger partial charge in [0.25, 0.3) is 10.7 Å².